The molecule has 1 atom stereocenters. The number of amides is 1. The number of alkyl halides is 1. The molecule has 0 aliphatic heterocycles. The van der Waals surface area contributed by atoms with Gasteiger partial charge in [-0.25, -0.2) is 4.39 Å². The SMILES string of the molecule is CCC(C)(CBr)NC(=O)c1ccc([N+](=O)[O-])cc1F. The van der Waals surface area contributed by atoms with Crippen molar-refractivity contribution in [2.75, 3.05) is 5.33 Å². The Morgan fingerprint density at radius 1 is 1.58 bits per heavy atom. The van der Waals surface area contributed by atoms with Crippen LogP contribution in [0.3, 0.4) is 0 Å². The smallest absolute Gasteiger partial charge is 0.272 e. The first-order valence-electron chi connectivity index (χ1n) is 5.65. The van der Waals surface area contributed by atoms with E-state index in [1.54, 1.807) is 0 Å². The van der Waals surface area contributed by atoms with Crippen LogP contribution in [0.5, 0.6) is 0 Å². The fourth-order valence-electron chi connectivity index (χ4n) is 1.36. The number of halogens is 2. The van der Waals surface area contributed by atoms with Gasteiger partial charge in [0.05, 0.1) is 16.6 Å². The Hall–Kier alpha value is -1.50. The maximum Gasteiger partial charge on any atom is 0.272 e. The number of nitrogens with zero attached hydrogens (tertiary/aromatic N) is 1. The van der Waals surface area contributed by atoms with Gasteiger partial charge in [-0.2, -0.15) is 0 Å². The molecule has 1 N–H and O–H groups in total. The number of hydrogen-bond acceptors (Lipinski definition) is 3. The van der Waals surface area contributed by atoms with Crippen LogP contribution in [0.15, 0.2) is 18.2 Å². The number of carbonyl (C=O) groups excluding carboxylic acids is 1. The summed E-state index contributed by atoms with van der Waals surface area (Å²) < 4.78 is 13.7. The molecule has 1 aromatic carbocycles. The molecule has 0 saturated heterocycles. The first kappa shape index (κ1) is 15.6. The van der Waals surface area contributed by atoms with E-state index in [1.807, 2.05) is 13.8 Å². The molecule has 1 rings (SSSR count). The number of non-ortho nitro benzene ring substituents is 1. The third-order valence-corrected chi connectivity index (χ3v) is 4.14. The van der Waals surface area contributed by atoms with Crippen molar-refractivity contribution >= 4 is 27.5 Å². The molecule has 0 aliphatic rings. The second kappa shape index (κ2) is 6.10. The number of nitrogens with one attached hydrogen (secondary N) is 1. The number of benzene rings is 1. The van der Waals surface area contributed by atoms with Crippen molar-refractivity contribution in [3.8, 4) is 0 Å². The predicted molar refractivity (Wildman–Crippen MR) is 73.0 cm³/mol. The van der Waals surface area contributed by atoms with E-state index < -0.39 is 22.2 Å². The summed E-state index contributed by atoms with van der Waals surface area (Å²) in [6.07, 6.45) is 0.665. The second-order valence-corrected chi connectivity index (χ2v) is 4.98. The normalized spacial score (nSPS) is 13.7. The fraction of sp³-hybridized carbons (Fsp3) is 0.417. The van der Waals surface area contributed by atoms with Gasteiger partial charge >= 0.3 is 0 Å². The summed E-state index contributed by atoms with van der Waals surface area (Å²) in [6.45, 7) is 3.72. The highest BCUT2D eigenvalue weighted by Gasteiger charge is 2.25. The highest BCUT2D eigenvalue weighted by molar-refractivity contribution is 9.09. The van der Waals surface area contributed by atoms with Crippen LogP contribution in [-0.2, 0) is 0 Å². The van der Waals surface area contributed by atoms with Crippen LogP contribution < -0.4 is 5.32 Å². The highest BCUT2D eigenvalue weighted by atomic mass is 79.9. The maximum atomic E-state index is 13.7. The van der Waals surface area contributed by atoms with Crippen LogP contribution in [0.4, 0.5) is 10.1 Å². The van der Waals surface area contributed by atoms with Gasteiger partial charge < -0.3 is 5.32 Å². The van der Waals surface area contributed by atoms with Gasteiger partial charge in [-0.15, -0.1) is 0 Å². The van der Waals surface area contributed by atoms with Crippen molar-refractivity contribution in [2.45, 2.75) is 25.8 Å². The molecule has 0 fully saturated rings. The van der Waals surface area contributed by atoms with Crippen molar-refractivity contribution < 1.29 is 14.1 Å². The van der Waals surface area contributed by atoms with Crippen molar-refractivity contribution in [1.29, 1.82) is 0 Å². The van der Waals surface area contributed by atoms with Crippen LogP contribution in [0.1, 0.15) is 30.6 Å². The lowest BCUT2D eigenvalue weighted by Gasteiger charge is -2.27. The lowest BCUT2D eigenvalue weighted by molar-refractivity contribution is -0.385. The average Bonchev–Trinajstić information content (AvgIpc) is 2.38. The lowest BCUT2D eigenvalue weighted by Crippen LogP contribution is -2.47. The highest BCUT2D eigenvalue weighted by Crippen LogP contribution is 2.18. The van der Waals surface area contributed by atoms with Gasteiger partial charge in [0.15, 0.2) is 0 Å². The zero-order valence-electron chi connectivity index (χ0n) is 10.6. The first-order valence-corrected chi connectivity index (χ1v) is 6.77. The Balaban J connectivity index is 2.98. The Morgan fingerprint density at radius 3 is 2.63 bits per heavy atom. The molecule has 104 valence electrons. The summed E-state index contributed by atoms with van der Waals surface area (Å²) in [7, 11) is 0. The van der Waals surface area contributed by atoms with Gasteiger partial charge in [0.25, 0.3) is 11.6 Å². The molecule has 7 heteroatoms. The summed E-state index contributed by atoms with van der Waals surface area (Å²) in [4.78, 5) is 21.7. The minimum absolute atomic E-state index is 0.203. The molecule has 0 bridgehead atoms. The molecule has 0 saturated carbocycles. The molecule has 0 radical (unpaired) electrons. The first-order chi connectivity index (χ1) is 8.83. The zero-order chi connectivity index (χ0) is 14.6. The van der Waals surface area contributed by atoms with E-state index in [0.29, 0.717) is 11.8 Å². The molecule has 5 nitrogen and oxygen atoms in total. The zero-order valence-corrected chi connectivity index (χ0v) is 12.2. The minimum Gasteiger partial charge on any atom is -0.346 e. The lowest BCUT2D eigenvalue weighted by atomic mass is 10.0. The van der Waals surface area contributed by atoms with Gasteiger partial charge in [-0.05, 0) is 19.4 Å². The molecule has 1 amide bonds. The number of nitro benzene ring substituents is 1. The van der Waals surface area contributed by atoms with Crippen LogP contribution in [-0.4, -0.2) is 21.7 Å². The van der Waals surface area contributed by atoms with Gasteiger partial charge in [0.2, 0.25) is 0 Å². The fourth-order valence-corrected chi connectivity index (χ4v) is 1.90. The molecular formula is C12H14BrFN2O3. The number of rotatable bonds is 5. The van der Waals surface area contributed by atoms with Gasteiger partial charge in [0.1, 0.15) is 5.82 Å². The van der Waals surface area contributed by atoms with Crippen LogP contribution in [0, 0.1) is 15.9 Å². The summed E-state index contributed by atoms with van der Waals surface area (Å²) >= 11 is 3.28. The van der Waals surface area contributed by atoms with Gasteiger partial charge in [-0.3, -0.25) is 14.9 Å². The van der Waals surface area contributed by atoms with Gasteiger partial charge in [-0.1, -0.05) is 22.9 Å². The molecule has 1 aromatic rings. The quantitative estimate of drug-likeness (QED) is 0.511. The third-order valence-electron chi connectivity index (χ3n) is 2.90. The van der Waals surface area contributed by atoms with Crippen molar-refractivity contribution in [2.24, 2.45) is 0 Å². The van der Waals surface area contributed by atoms with Crippen LogP contribution in [0.2, 0.25) is 0 Å². The maximum absolute atomic E-state index is 13.7. The Morgan fingerprint density at radius 2 is 2.21 bits per heavy atom. The minimum atomic E-state index is -0.903. The molecule has 0 aliphatic carbocycles. The number of carbonyl (C=O) groups is 1. The molecular weight excluding hydrogens is 319 g/mol. The van der Waals surface area contributed by atoms with Crippen LogP contribution in [0.25, 0.3) is 0 Å². The number of nitro groups is 1. The van der Waals surface area contributed by atoms with E-state index in [4.69, 9.17) is 0 Å². The Labute approximate surface area is 118 Å². The molecule has 0 aromatic heterocycles. The van der Waals surface area contributed by atoms with E-state index >= 15 is 0 Å². The van der Waals surface area contributed by atoms with E-state index in [1.165, 1.54) is 0 Å². The molecule has 0 spiro atoms. The standard InChI is InChI=1S/C12H14BrFN2O3/c1-3-12(2,7-13)15-11(17)9-5-4-8(16(18)19)6-10(9)14/h4-6H,3,7H2,1-2H3,(H,15,17). The third kappa shape index (κ3) is 3.73. The number of hydrogen-bond donors (Lipinski definition) is 1. The summed E-state index contributed by atoms with van der Waals surface area (Å²) in [6, 6.07) is 2.97. The monoisotopic (exact) mass is 332 g/mol. The van der Waals surface area contributed by atoms with Gasteiger partial charge in [0, 0.05) is 16.9 Å². The summed E-state index contributed by atoms with van der Waals surface area (Å²) in [5.74, 6) is -1.49. The average molecular weight is 333 g/mol. The molecule has 0 heterocycles. The topological polar surface area (TPSA) is 72.2 Å². The summed E-state index contributed by atoms with van der Waals surface area (Å²) in [5, 5.41) is 13.7. The predicted octanol–water partition coefficient (Wildman–Crippen LogP) is 3.03. The molecule has 19 heavy (non-hydrogen) atoms. The van der Waals surface area contributed by atoms with E-state index in [2.05, 4.69) is 21.2 Å². The van der Waals surface area contributed by atoms with Crippen molar-refractivity contribution in [1.82, 2.24) is 5.32 Å². The van der Waals surface area contributed by atoms with Crippen LogP contribution >= 0.6 is 15.9 Å². The van der Waals surface area contributed by atoms with E-state index in [-0.39, 0.29) is 11.3 Å². The largest absolute Gasteiger partial charge is 0.346 e. The van der Waals surface area contributed by atoms with Crippen molar-refractivity contribution in [3.05, 3.63) is 39.7 Å². The second-order valence-electron chi connectivity index (χ2n) is 4.42. The Kier molecular flexibility index (Phi) is 4.99. The molecule has 1 unspecified atom stereocenters. The van der Waals surface area contributed by atoms with E-state index in [0.717, 1.165) is 18.2 Å². The van der Waals surface area contributed by atoms with Crippen molar-refractivity contribution in [3.63, 3.8) is 0 Å². The summed E-state index contributed by atoms with van der Waals surface area (Å²) in [5.41, 5.74) is -1.08. The Bertz CT molecular complexity index is 504. The van der Waals surface area contributed by atoms with E-state index in [9.17, 15) is 19.3 Å².